The molecule has 1 atom stereocenters. The lowest BCUT2D eigenvalue weighted by Gasteiger charge is -2.18. The highest BCUT2D eigenvalue weighted by molar-refractivity contribution is 6.35. The zero-order valence-electron chi connectivity index (χ0n) is 12.6. The molecule has 2 heterocycles. The molecule has 1 fully saturated rings. The number of hydrogen-bond acceptors (Lipinski definition) is 4. The van der Waals surface area contributed by atoms with Crippen LogP contribution in [-0.4, -0.2) is 31.1 Å². The Bertz CT molecular complexity index is 810. The third kappa shape index (κ3) is 2.29. The van der Waals surface area contributed by atoms with Crippen LogP contribution in [0.2, 0.25) is 0 Å². The van der Waals surface area contributed by atoms with E-state index in [2.05, 4.69) is 0 Å². The summed E-state index contributed by atoms with van der Waals surface area (Å²) in [6.45, 7) is 2.94. The van der Waals surface area contributed by atoms with E-state index < -0.39 is 0 Å². The third-order valence-corrected chi connectivity index (χ3v) is 4.06. The van der Waals surface area contributed by atoms with Crippen molar-refractivity contribution in [2.24, 2.45) is 0 Å². The number of hydrogen-bond donors (Lipinski definition) is 0. The minimum absolute atomic E-state index is 0.104. The number of ether oxygens (including phenoxy) is 2. The molecule has 0 saturated carbocycles. The van der Waals surface area contributed by atoms with Crippen LogP contribution >= 0.6 is 0 Å². The van der Waals surface area contributed by atoms with Gasteiger partial charge in [-0.15, -0.1) is 0 Å². The number of benzene rings is 2. The van der Waals surface area contributed by atoms with Gasteiger partial charge in [-0.2, -0.15) is 0 Å². The Kier molecular flexibility index (Phi) is 3.16. The van der Waals surface area contributed by atoms with Crippen molar-refractivity contribution >= 4 is 17.5 Å². The van der Waals surface area contributed by atoms with Crippen molar-refractivity contribution in [3.8, 4) is 5.75 Å². The Hall–Kier alpha value is -2.66. The van der Waals surface area contributed by atoms with Crippen LogP contribution in [0.1, 0.15) is 26.3 Å². The smallest absolute Gasteiger partial charge is 0.266 e. The number of nitrogens with zero attached hydrogens (tertiary/aromatic N) is 1. The summed E-state index contributed by atoms with van der Waals surface area (Å²) in [6.07, 6.45) is 0.104. The molecule has 1 saturated heterocycles. The molecule has 2 aliphatic heterocycles. The molecule has 2 aromatic carbocycles. The maximum atomic E-state index is 12.8. The minimum atomic E-state index is -0.313. The van der Waals surface area contributed by atoms with Crippen LogP contribution < -0.4 is 9.64 Å². The quantitative estimate of drug-likeness (QED) is 0.643. The zero-order chi connectivity index (χ0) is 16.0. The van der Waals surface area contributed by atoms with Crippen LogP contribution in [0.25, 0.3) is 0 Å². The molecule has 0 aliphatic carbocycles. The van der Waals surface area contributed by atoms with Gasteiger partial charge in [-0.1, -0.05) is 24.3 Å². The Morgan fingerprint density at radius 2 is 1.91 bits per heavy atom. The Balaban J connectivity index is 1.73. The average Bonchev–Trinajstić information content (AvgIpc) is 3.34. The van der Waals surface area contributed by atoms with E-state index in [0.717, 1.165) is 5.56 Å². The average molecular weight is 309 g/mol. The fourth-order valence-corrected chi connectivity index (χ4v) is 2.78. The number of imide groups is 1. The molecule has 0 N–H and O–H groups in total. The second-order valence-corrected chi connectivity index (χ2v) is 5.68. The molecule has 1 unspecified atom stereocenters. The highest BCUT2D eigenvalue weighted by atomic mass is 16.6. The lowest BCUT2D eigenvalue weighted by atomic mass is 10.0. The predicted molar refractivity (Wildman–Crippen MR) is 84.0 cm³/mol. The summed E-state index contributed by atoms with van der Waals surface area (Å²) in [5.41, 5.74) is 2.18. The molecule has 2 aliphatic rings. The van der Waals surface area contributed by atoms with Gasteiger partial charge in [0.1, 0.15) is 18.5 Å². The van der Waals surface area contributed by atoms with Gasteiger partial charge in [-0.25, -0.2) is 4.90 Å². The summed E-state index contributed by atoms with van der Waals surface area (Å²) >= 11 is 0. The third-order valence-electron chi connectivity index (χ3n) is 4.06. The monoisotopic (exact) mass is 309 g/mol. The SMILES string of the molecule is Cc1cccc2c1C(=O)N(c1ccccc1OCC1CO1)C2=O. The van der Waals surface area contributed by atoms with Crippen molar-refractivity contribution < 1.29 is 19.1 Å². The van der Waals surface area contributed by atoms with Crippen LogP contribution in [0.5, 0.6) is 5.75 Å². The Morgan fingerprint density at radius 3 is 2.65 bits per heavy atom. The maximum absolute atomic E-state index is 12.8. The van der Waals surface area contributed by atoms with Gasteiger partial charge >= 0.3 is 0 Å². The van der Waals surface area contributed by atoms with Crippen molar-refractivity contribution in [2.45, 2.75) is 13.0 Å². The van der Waals surface area contributed by atoms with E-state index in [9.17, 15) is 9.59 Å². The van der Waals surface area contributed by atoms with E-state index in [0.29, 0.717) is 35.8 Å². The molecule has 5 heteroatoms. The number of rotatable bonds is 4. The molecule has 0 aromatic heterocycles. The van der Waals surface area contributed by atoms with Crippen LogP contribution in [0.15, 0.2) is 42.5 Å². The number of amides is 2. The molecule has 23 heavy (non-hydrogen) atoms. The van der Waals surface area contributed by atoms with E-state index in [1.807, 2.05) is 19.1 Å². The number of anilines is 1. The molecule has 0 radical (unpaired) electrons. The van der Waals surface area contributed by atoms with Crippen LogP contribution in [-0.2, 0) is 4.74 Å². The van der Waals surface area contributed by atoms with Gasteiger partial charge in [-0.05, 0) is 30.7 Å². The summed E-state index contributed by atoms with van der Waals surface area (Å²) in [5.74, 6) is -0.107. The van der Waals surface area contributed by atoms with Crippen molar-refractivity contribution in [3.63, 3.8) is 0 Å². The lowest BCUT2D eigenvalue weighted by Crippen LogP contribution is -2.30. The molecule has 5 nitrogen and oxygen atoms in total. The lowest BCUT2D eigenvalue weighted by molar-refractivity contribution is 0.0924. The molecule has 0 bridgehead atoms. The summed E-state index contributed by atoms with van der Waals surface area (Å²) in [5, 5.41) is 0. The molecule has 0 spiro atoms. The van der Waals surface area contributed by atoms with Gasteiger partial charge < -0.3 is 9.47 Å². The molecule has 2 aromatic rings. The molecular formula is C18H15NO4. The summed E-state index contributed by atoms with van der Waals surface area (Å²) in [4.78, 5) is 26.6. The fourth-order valence-electron chi connectivity index (χ4n) is 2.78. The first-order valence-corrected chi connectivity index (χ1v) is 7.48. The maximum Gasteiger partial charge on any atom is 0.266 e. The van der Waals surface area contributed by atoms with E-state index in [4.69, 9.17) is 9.47 Å². The second kappa shape index (κ2) is 5.21. The van der Waals surface area contributed by atoms with E-state index in [-0.39, 0.29) is 17.9 Å². The summed E-state index contributed by atoms with van der Waals surface area (Å²) in [6, 6.07) is 12.4. The fraction of sp³-hybridized carbons (Fsp3) is 0.222. The van der Waals surface area contributed by atoms with Crippen LogP contribution in [0.3, 0.4) is 0 Å². The number of para-hydroxylation sites is 2. The van der Waals surface area contributed by atoms with Gasteiger partial charge in [-0.3, -0.25) is 9.59 Å². The standard InChI is InChI=1S/C18H15NO4/c1-11-5-4-6-13-16(11)18(21)19(17(13)20)14-7-2-3-8-15(14)23-10-12-9-22-12/h2-8,12H,9-10H2,1H3. The van der Waals surface area contributed by atoms with Crippen LogP contribution in [0, 0.1) is 6.92 Å². The van der Waals surface area contributed by atoms with Gasteiger partial charge in [0.05, 0.1) is 23.4 Å². The number of epoxide rings is 1. The number of fused-ring (bicyclic) bond motifs is 1. The van der Waals surface area contributed by atoms with Crippen LogP contribution in [0.4, 0.5) is 5.69 Å². The molecule has 2 amide bonds. The zero-order valence-corrected chi connectivity index (χ0v) is 12.6. The summed E-state index contributed by atoms with van der Waals surface area (Å²) < 4.78 is 10.9. The number of carbonyl (C=O) groups excluding carboxylic acids is 2. The van der Waals surface area contributed by atoms with Gasteiger partial charge in [0.25, 0.3) is 11.8 Å². The van der Waals surface area contributed by atoms with Crippen molar-refractivity contribution in [3.05, 3.63) is 59.2 Å². The first-order valence-electron chi connectivity index (χ1n) is 7.48. The largest absolute Gasteiger partial charge is 0.489 e. The minimum Gasteiger partial charge on any atom is -0.489 e. The van der Waals surface area contributed by atoms with E-state index in [1.165, 1.54) is 4.90 Å². The van der Waals surface area contributed by atoms with Gasteiger partial charge in [0, 0.05) is 0 Å². The molecular weight excluding hydrogens is 294 g/mol. The summed E-state index contributed by atoms with van der Waals surface area (Å²) in [7, 11) is 0. The normalized spacial score (nSPS) is 19.0. The van der Waals surface area contributed by atoms with Gasteiger partial charge in [0.2, 0.25) is 0 Å². The van der Waals surface area contributed by atoms with E-state index >= 15 is 0 Å². The highest BCUT2D eigenvalue weighted by Crippen LogP contribution is 2.36. The molecule has 116 valence electrons. The Labute approximate surface area is 133 Å². The first-order chi connectivity index (χ1) is 11.2. The van der Waals surface area contributed by atoms with Crippen molar-refractivity contribution in [1.29, 1.82) is 0 Å². The highest BCUT2D eigenvalue weighted by Gasteiger charge is 2.39. The number of carbonyl (C=O) groups is 2. The van der Waals surface area contributed by atoms with Crippen molar-refractivity contribution in [1.82, 2.24) is 0 Å². The first kappa shape index (κ1) is 14.0. The van der Waals surface area contributed by atoms with E-state index in [1.54, 1.807) is 30.3 Å². The topological polar surface area (TPSA) is 59.1 Å². The van der Waals surface area contributed by atoms with Gasteiger partial charge in [0.15, 0.2) is 0 Å². The van der Waals surface area contributed by atoms with Crippen molar-refractivity contribution in [2.75, 3.05) is 18.1 Å². The predicted octanol–water partition coefficient (Wildman–Crippen LogP) is 2.57. The molecule has 4 rings (SSSR count). The number of aryl methyl sites for hydroxylation is 1. The Morgan fingerprint density at radius 1 is 1.13 bits per heavy atom. The second-order valence-electron chi connectivity index (χ2n) is 5.68.